The lowest BCUT2D eigenvalue weighted by Gasteiger charge is -2.09. The molecule has 0 fully saturated rings. The molecule has 0 spiro atoms. The van der Waals surface area contributed by atoms with Crippen LogP contribution in [-0.4, -0.2) is 20.6 Å². The summed E-state index contributed by atoms with van der Waals surface area (Å²) in [6.45, 7) is 6.82. The molecule has 5 nitrogen and oxygen atoms in total. The summed E-state index contributed by atoms with van der Waals surface area (Å²) in [5.74, 6) is -0.00662. The van der Waals surface area contributed by atoms with Gasteiger partial charge in [0.15, 0.2) is 0 Å². The molecule has 0 atom stereocenters. The van der Waals surface area contributed by atoms with Crippen LogP contribution >= 0.6 is 0 Å². The zero-order chi connectivity index (χ0) is 14.0. The van der Waals surface area contributed by atoms with E-state index in [0.717, 1.165) is 17.7 Å². The Kier molecular flexibility index (Phi) is 3.64. The molecule has 0 aliphatic carbocycles. The van der Waals surface area contributed by atoms with Crippen LogP contribution < -0.4 is 5.73 Å². The number of nitrogen functional groups attached to an aromatic ring is 1. The van der Waals surface area contributed by atoms with Gasteiger partial charge in [-0.15, -0.1) is 0 Å². The smallest absolute Gasteiger partial charge is 0.142 e. The second kappa shape index (κ2) is 5.22. The number of hydrogen-bond acceptors (Lipinski definition) is 3. The van der Waals surface area contributed by atoms with E-state index in [2.05, 4.69) is 23.9 Å². The molecule has 0 radical (unpaired) electrons. The minimum atomic E-state index is -0.00662. The molecule has 0 saturated carbocycles. The Bertz CT molecular complexity index is 612. The Morgan fingerprint density at radius 3 is 2.74 bits per heavy atom. The van der Waals surface area contributed by atoms with Crippen molar-refractivity contribution in [3.05, 3.63) is 46.5 Å². The molecule has 2 heterocycles. The van der Waals surface area contributed by atoms with Crippen molar-refractivity contribution in [3.8, 4) is 0 Å². The van der Waals surface area contributed by atoms with E-state index in [9.17, 15) is 0 Å². The second-order valence-corrected chi connectivity index (χ2v) is 4.59. The maximum absolute atomic E-state index is 7.56. The van der Waals surface area contributed by atoms with E-state index < -0.39 is 0 Å². The van der Waals surface area contributed by atoms with Crippen LogP contribution in [-0.2, 0) is 13.0 Å². The molecule has 2 aromatic heterocycles. The van der Waals surface area contributed by atoms with E-state index in [4.69, 9.17) is 11.1 Å². The fourth-order valence-corrected chi connectivity index (χ4v) is 2.37. The summed E-state index contributed by atoms with van der Waals surface area (Å²) in [5.41, 5.74) is 10.5. The van der Waals surface area contributed by atoms with Crippen molar-refractivity contribution in [3.63, 3.8) is 0 Å². The number of amidine groups is 1. The topological polar surface area (TPSA) is 80.6 Å². The molecule has 0 aliphatic rings. The van der Waals surface area contributed by atoms with Crippen molar-refractivity contribution in [2.75, 3.05) is 0 Å². The fraction of sp³-hybridized carbons (Fsp3) is 0.357. The molecule has 0 unspecified atom stereocenters. The molecule has 3 N–H and O–H groups in total. The molecule has 0 saturated heterocycles. The van der Waals surface area contributed by atoms with Crippen LogP contribution in [0.1, 0.15) is 35.1 Å². The number of pyridine rings is 1. The zero-order valence-electron chi connectivity index (χ0n) is 11.6. The molecule has 0 amide bonds. The van der Waals surface area contributed by atoms with Gasteiger partial charge in [-0.3, -0.25) is 15.1 Å². The van der Waals surface area contributed by atoms with Crippen LogP contribution in [0.3, 0.4) is 0 Å². The van der Waals surface area contributed by atoms with Gasteiger partial charge in [0, 0.05) is 17.5 Å². The maximum atomic E-state index is 7.56. The standard InChI is InChI=1S/C14H19N5/c1-4-12-9(2)18-19(10(12)3)8-11-6-5-7-17-13(11)14(15)16/h5-7H,4,8H2,1-3H3,(H3,15,16). The first-order valence-electron chi connectivity index (χ1n) is 6.35. The van der Waals surface area contributed by atoms with Gasteiger partial charge in [0.2, 0.25) is 0 Å². The van der Waals surface area contributed by atoms with E-state index in [1.807, 2.05) is 23.7 Å². The normalized spacial score (nSPS) is 10.7. The van der Waals surface area contributed by atoms with Gasteiger partial charge in [0.25, 0.3) is 0 Å². The average Bonchev–Trinajstić information content (AvgIpc) is 2.64. The lowest BCUT2D eigenvalue weighted by Crippen LogP contribution is -2.17. The summed E-state index contributed by atoms with van der Waals surface area (Å²) in [6.07, 6.45) is 2.63. The van der Waals surface area contributed by atoms with Crippen molar-refractivity contribution in [1.29, 1.82) is 5.41 Å². The third-order valence-corrected chi connectivity index (χ3v) is 3.35. The van der Waals surface area contributed by atoms with E-state index >= 15 is 0 Å². The molecule has 2 aromatic rings. The van der Waals surface area contributed by atoms with E-state index in [1.54, 1.807) is 6.20 Å². The monoisotopic (exact) mass is 257 g/mol. The van der Waals surface area contributed by atoms with Crippen LogP contribution in [0.15, 0.2) is 18.3 Å². The second-order valence-electron chi connectivity index (χ2n) is 4.59. The Morgan fingerprint density at radius 1 is 1.42 bits per heavy atom. The highest BCUT2D eigenvalue weighted by Crippen LogP contribution is 2.16. The minimum Gasteiger partial charge on any atom is -0.382 e. The first-order chi connectivity index (χ1) is 9.04. The van der Waals surface area contributed by atoms with Crippen LogP contribution in [0.4, 0.5) is 0 Å². The van der Waals surface area contributed by atoms with E-state index in [-0.39, 0.29) is 5.84 Å². The summed E-state index contributed by atoms with van der Waals surface area (Å²) >= 11 is 0. The fourth-order valence-electron chi connectivity index (χ4n) is 2.37. The van der Waals surface area contributed by atoms with Crippen molar-refractivity contribution in [2.24, 2.45) is 5.73 Å². The Balaban J connectivity index is 2.39. The van der Waals surface area contributed by atoms with Crippen LogP contribution in [0.25, 0.3) is 0 Å². The largest absolute Gasteiger partial charge is 0.382 e. The van der Waals surface area contributed by atoms with Gasteiger partial charge in [-0.2, -0.15) is 5.10 Å². The summed E-state index contributed by atoms with van der Waals surface area (Å²) in [6, 6.07) is 3.79. The molecule has 100 valence electrons. The third-order valence-electron chi connectivity index (χ3n) is 3.35. The number of aromatic nitrogens is 3. The summed E-state index contributed by atoms with van der Waals surface area (Å²) in [5, 5.41) is 12.1. The molecular formula is C14H19N5. The van der Waals surface area contributed by atoms with Gasteiger partial charge < -0.3 is 5.73 Å². The van der Waals surface area contributed by atoms with Crippen molar-refractivity contribution in [1.82, 2.24) is 14.8 Å². The van der Waals surface area contributed by atoms with Crippen molar-refractivity contribution >= 4 is 5.84 Å². The predicted octanol–water partition coefficient (Wildman–Crippen LogP) is 1.79. The first-order valence-corrected chi connectivity index (χ1v) is 6.35. The SMILES string of the molecule is CCc1c(C)nn(Cc2cccnc2C(=N)N)c1C. The number of hydrogen-bond donors (Lipinski definition) is 2. The molecule has 2 rings (SSSR count). The Morgan fingerprint density at radius 2 is 2.16 bits per heavy atom. The molecular weight excluding hydrogens is 238 g/mol. The minimum absolute atomic E-state index is 0.00662. The highest BCUT2D eigenvalue weighted by molar-refractivity contribution is 5.94. The van der Waals surface area contributed by atoms with E-state index in [0.29, 0.717) is 12.2 Å². The van der Waals surface area contributed by atoms with E-state index in [1.165, 1.54) is 11.3 Å². The highest BCUT2D eigenvalue weighted by atomic mass is 15.3. The molecule has 0 aliphatic heterocycles. The quantitative estimate of drug-likeness (QED) is 0.647. The Labute approximate surface area is 113 Å². The van der Waals surface area contributed by atoms with Crippen LogP contribution in [0.2, 0.25) is 0 Å². The van der Waals surface area contributed by atoms with Crippen molar-refractivity contribution < 1.29 is 0 Å². The summed E-state index contributed by atoms with van der Waals surface area (Å²) in [4.78, 5) is 4.16. The lowest BCUT2D eigenvalue weighted by molar-refractivity contribution is 0.655. The van der Waals surface area contributed by atoms with Gasteiger partial charge in [0.05, 0.1) is 12.2 Å². The average molecular weight is 257 g/mol. The van der Waals surface area contributed by atoms with Gasteiger partial charge in [-0.25, -0.2) is 0 Å². The van der Waals surface area contributed by atoms with Crippen molar-refractivity contribution in [2.45, 2.75) is 33.7 Å². The third kappa shape index (κ3) is 2.50. The molecule has 0 bridgehead atoms. The van der Waals surface area contributed by atoms with Gasteiger partial charge >= 0.3 is 0 Å². The van der Waals surface area contributed by atoms with Gasteiger partial charge in [0.1, 0.15) is 11.5 Å². The Hall–Kier alpha value is -2.17. The molecule has 0 aromatic carbocycles. The molecule has 19 heavy (non-hydrogen) atoms. The zero-order valence-corrected chi connectivity index (χ0v) is 11.6. The van der Waals surface area contributed by atoms with Gasteiger partial charge in [-0.05, 0) is 31.9 Å². The lowest BCUT2D eigenvalue weighted by atomic mass is 10.1. The number of nitrogens with two attached hydrogens (primary N) is 1. The summed E-state index contributed by atoms with van der Waals surface area (Å²) in [7, 11) is 0. The highest BCUT2D eigenvalue weighted by Gasteiger charge is 2.12. The van der Waals surface area contributed by atoms with Crippen LogP contribution in [0, 0.1) is 19.3 Å². The maximum Gasteiger partial charge on any atom is 0.142 e. The van der Waals surface area contributed by atoms with Gasteiger partial charge in [-0.1, -0.05) is 13.0 Å². The first kappa shape index (κ1) is 13.3. The summed E-state index contributed by atoms with van der Waals surface area (Å²) < 4.78 is 1.96. The molecule has 5 heteroatoms. The predicted molar refractivity (Wildman–Crippen MR) is 75.4 cm³/mol. The number of nitrogens with zero attached hydrogens (tertiary/aromatic N) is 3. The van der Waals surface area contributed by atoms with Crippen LogP contribution in [0.5, 0.6) is 0 Å². The number of nitrogens with one attached hydrogen (secondary N) is 1. The number of aryl methyl sites for hydroxylation is 1. The number of rotatable bonds is 4.